The lowest BCUT2D eigenvalue weighted by atomic mass is 9.99. The first-order valence-electron chi connectivity index (χ1n) is 9.73. The predicted molar refractivity (Wildman–Crippen MR) is 107 cm³/mol. The summed E-state index contributed by atoms with van der Waals surface area (Å²) in [6.45, 7) is 6.27. The predicted octanol–water partition coefficient (Wildman–Crippen LogP) is 3.11. The number of aromatic nitrogens is 2. The molecular weight excluding hydrogens is 322 g/mol. The summed E-state index contributed by atoms with van der Waals surface area (Å²) in [5, 5.41) is 3.54. The van der Waals surface area contributed by atoms with Gasteiger partial charge in [-0.05, 0) is 44.1 Å². The van der Waals surface area contributed by atoms with Crippen LogP contribution in [0.4, 0.5) is 0 Å². The average molecular weight is 354 g/mol. The van der Waals surface area contributed by atoms with Gasteiger partial charge in [-0.2, -0.15) is 0 Å². The SMILES string of the molecule is CN=C(NCCCCn1ccnc1C)N1CCC(Cc2ccccc2)C1. The number of imidazole rings is 1. The lowest BCUT2D eigenvalue weighted by Gasteiger charge is -2.22. The van der Waals surface area contributed by atoms with Crippen molar-refractivity contribution in [3.8, 4) is 0 Å². The number of benzene rings is 1. The van der Waals surface area contributed by atoms with E-state index in [1.54, 1.807) is 0 Å². The van der Waals surface area contributed by atoms with Crippen molar-refractivity contribution in [1.29, 1.82) is 0 Å². The second-order valence-electron chi connectivity index (χ2n) is 7.14. The van der Waals surface area contributed by atoms with Gasteiger partial charge >= 0.3 is 0 Å². The van der Waals surface area contributed by atoms with Crippen LogP contribution in [0.2, 0.25) is 0 Å². The lowest BCUT2D eigenvalue weighted by molar-refractivity contribution is 0.457. The topological polar surface area (TPSA) is 45.5 Å². The van der Waals surface area contributed by atoms with Crippen LogP contribution in [-0.2, 0) is 13.0 Å². The summed E-state index contributed by atoms with van der Waals surface area (Å²) in [5.74, 6) is 2.87. The van der Waals surface area contributed by atoms with Gasteiger partial charge in [-0.3, -0.25) is 4.99 Å². The summed E-state index contributed by atoms with van der Waals surface area (Å²) >= 11 is 0. The zero-order valence-electron chi connectivity index (χ0n) is 16.1. The Balaban J connectivity index is 1.37. The Labute approximate surface area is 157 Å². The highest BCUT2D eigenvalue weighted by Gasteiger charge is 2.24. The summed E-state index contributed by atoms with van der Waals surface area (Å²) in [5.41, 5.74) is 1.44. The van der Waals surface area contributed by atoms with Crippen LogP contribution < -0.4 is 5.32 Å². The maximum absolute atomic E-state index is 4.49. The number of aliphatic imine (C=N–C) groups is 1. The van der Waals surface area contributed by atoms with Crippen LogP contribution in [0.3, 0.4) is 0 Å². The van der Waals surface area contributed by atoms with E-state index in [2.05, 4.69) is 68.2 Å². The summed E-state index contributed by atoms with van der Waals surface area (Å²) < 4.78 is 2.21. The second-order valence-corrected chi connectivity index (χ2v) is 7.14. The Hall–Kier alpha value is -2.30. The van der Waals surface area contributed by atoms with Gasteiger partial charge in [0.25, 0.3) is 0 Å². The molecule has 1 atom stereocenters. The molecule has 1 aliphatic rings. The van der Waals surface area contributed by atoms with E-state index >= 15 is 0 Å². The van der Waals surface area contributed by atoms with Gasteiger partial charge < -0.3 is 14.8 Å². The molecule has 0 spiro atoms. The molecule has 1 aromatic carbocycles. The maximum Gasteiger partial charge on any atom is 0.193 e. The number of nitrogens with one attached hydrogen (secondary N) is 1. The Morgan fingerprint density at radius 2 is 2.12 bits per heavy atom. The third-order valence-electron chi connectivity index (χ3n) is 5.20. The van der Waals surface area contributed by atoms with Crippen LogP contribution in [0.15, 0.2) is 47.7 Å². The molecular formula is C21H31N5. The molecule has 1 aliphatic heterocycles. The van der Waals surface area contributed by atoms with Gasteiger partial charge in [0.15, 0.2) is 5.96 Å². The van der Waals surface area contributed by atoms with Crippen molar-refractivity contribution in [3.05, 3.63) is 54.1 Å². The molecule has 5 nitrogen and oxygen atoms in total. The van der Waals surface area contributed by atoms with Crippen molar-refractivity contribution in [1.82, 2.24) is 19.8 Å². The van der Waals surface area contributed by atoms with E-state index in [4.69, 9.17) is 0 Å². The molecule has 26 heavy (non-hydrogen) atoms. The molecule has 3 rings (SSSR count). The molecule has 1 N–H and O–H groups in total. The molecule has 2 aromatic rings. The molecule has 1 unspecified atom stereocenters. The standard InChI is InChI=1S/C21H31N5/c1-18-23-12-15-25(18)13-7-6-11-24-21(22-2)26-14-10-20(17-26)16-19-8-4-3-5-9-19/h3-5,8-9,12,15,20H,6-7,10-11,13-14,16-17H2,1-2H3,(H,22,24). The van der Waals surface area contributed by atoms with Gasteiger partial charge in [0.1, 0.15) is 5.82 Å². The van der Waals surface area contributed by atoms with E-state index in [1.165, 1.54) is 18.4 Å². The van der Waals surface area contributed by atoms with Crippen molar-refractivity contribution >= 4 is 5.96 Å². The molecule has 0 radical (unpaired) electrons. The number of unbranched alkanes of at least 4 members (excludes halogenated alkanes) is 1. The summed E-state index contributed by atoms with van der Waals surface area (Å²) in [6.07, 6.45) is 8.62. The smallest absolute Gasteiger partial charge is 0.193 e. The minimum absolute atomic E-state index is 0.722. The van der Waals surface area contributed by atoms with Gasteiger partial charge in [0.05, 0.1) is 0 Å². The van der Waals surface area contributed by atoms with E-state index in [9.17, 15) is 0 Å². The number of hydrogen-bond acceptors (Lipinski definition) is 2. The van der Waals surface area contributed by atoms with Crippen molar-refractivity contribution in [2.24, 2.45) is 10.9 Å². The Kier molecular flexibility index (Phi) is 6.69. The normalized spacial score (nSPS) is 17.7. The summed E-state index contributed by atoms with van der Waals surface area (Å²) in [7, 11) is 1.89. The Bertz CT molecular complexity index is 691. The molecule has 5 heteroatoms. The summed E-state index contributed by atoms with van der Waals surface area (Å²) in [6, 6.07) is 10.8. The number of aryl methyl sites for hydroxylation is 2. The van der Waals surface area contributed by atoms with Gasteiger partial charge in [-0.25, -0.2) is 4.98 Å². The first-order chi connectivity index (χ1) is 12.8. The van der Waals surface area contributed by atoms with Crippen molar-refractivity contribution in [3.63, 3.8) is 0 Å². The van der Waals surface area contributed by atoms with Crippen molar-refractivity contribution in [2.75, 3.05) is 26.7 Å². The fourth-order valence-electron chi connectivity index (χ4n) is 3.72. The van der Waals surface area contributed by atoms with Crippen LogP contribution >= 0.6 is 0 Å². The van der Waals surface area contributed by atoms with Crippen LogP contribution in [0.25, 0.3) is 0 Å². The molecule has 0 amide bonds. The van der Waals surface area contributed by atoms with E-state index in [0.29, 0.717) is 0 Å². The average Bonchev–Trinajstić information content (AvgIpc) is 3.28. The zero-order valence-corrected chi connectivity index (χ0v) is 16.1. The molecule has 0 aliphatic carbocycles. The molecule has 1 saturated heterocycles. The van der Waals surface area contributed by atoms with Crippen LogP contribution in [0.5, 0.6) is 0 Å². The lowest BCUT2D eigenvalue weighted by Crippen LogP contribution is -2.40. The van der Waals surface area contributed by atoms with E-state index in [1.807, 2.05) is 13.2 Å². The Morgan fingerprint density at radius 1 is 1.27 bits per heavy atom. The Morgan fingerprint density at radius 3 is 2.85 bits per heavy atom. The van der Waals surface area contributed by atoms with E-state index in [0.717, 1.165) is 56.7 Å². The second kappa shape index (κ2) is 9.41. The minimum Gasteiger partial charge on any atom is -0.356 e. The van der Waals surface area contributed by atoms with Gasteiger partial charge in [-0.1, -0.05) is 30.3 Å². The number of guanidine groups is 1. The third-order valence-corrected chi connectivity index (χ3v) is 5.20. The fourth-order valence-corrected chi connectivity index (χ4v) is 3.72. The van der Waals surface area contributed by atoms with E-state index < -0.39 is 0 Å². The number of hydrogen-bond donors (Lipinski definition) is 1. The zero-order chi connectivity index (χ0) is 18.2. The molecule has 1 aromatic heterocycles. The van der Waals surface area contributed by atoms with Crippen LogP contribution in [0.1, 0.15) is 30.7 Å². The van der Waals surface area contributed by atoms with Crippen LogP contribution in [0, 0.1) is 12.8 Å². The highest BCUT2D eigenvalue weighted by molar-refractivity contribution is 5.80. The first kappa shape index (κ1) is 18.5. The minimum atomic E-state index is 0.722. The number of likely N-dealkylation sites (tertiary alicyclic amines) is 1. The molecule has 1 fully saturated rings. The van der Waals surface area contributed by atoms with Gasteiger partial charge in [-0.15, -0.1) is 0 Å². The number of nitrogens with zero attached hydrogens (tertiary/aromatic N) is 4. The quantitative estimate of drug-likeness (QED) is 0.473. The number of rotatable bonds is 7. The van der Waals surface area contributed by atoms with Crippen molar-refractivity contribution in [2.45, 2.75) is 39.2 Å². The molecule has 0 bridgehead atoms. The fraction of sp³-hybridized carbons (Fsp3) is 0.524. The van der Waals surface area contributed by atoms with E-state index in [-0.39, 0.29) is 0 Å². The van der Waals surface area contributed by atoms with Gasteiger partial charge in [0, 0.05) is 45.6 Å². The highest BCUT2D eigenvalue weighted by Crippen LogP contribution is 2.20. The molecule has 0 saturated carbocycles. The monoisotopic (exact) mass is 353 g/mol. The first-order valence-corrected chi connectivity index (χ1v) is 9.73. The highest BCUT2D eigenvalue weighted by atomic mass is 15.3. The third kappa shape index (κ3) is 5.10. The van der Waals surface area contributed by atoms with Gasteiger partial charge in [0.2, 0.25) is 0 Å². The van der Waals surface area contributed by atoms with Crippen LogP contribution in [-0.4, -0.2) is 47.1 Å². The van der Waals surface area contributed by atoms with Crippen molar-refractivity contribution < 1.29 is 0 Å². The molecule has 140 valence electrons. The summed E-state index contributed by atoms with van der Waals surface area (Å²) in [4.78, 5) is 11.2. The maximum atomic E-state index is 4.49. The largest absolute Gasteiger partial charge is 0.356 e. The molecule has 2 heterocycles.